The summed E-state index contributed by atoms with van der Waals surface area (Å²) in [5.74, 6) is -0.0833. The number of H-pyrrole nitrogens is 1. The molecule has 0 fully saturated rings. The van der Waals surface area contributed by atoms with Gasteiger partial charge in [0.25, 0.3) is 0 Å². The second-order valence-electron chi connectivity index (χ2n) is 9.31. The number of nitrogens with zero attached hydrogens (tertiary/aromatic N) is 2. The molecule has 7 nitrogen and oxygen atoms in total. The number of ether oxygens (including phenoxy) is 2. The predicted octanol–water partition coefficient (Wildman–Crippen LogP) is 4.95. The lowest BCUT2D eigenvalue weighted by atomic mass is 10.1. The van der Waals surface area contributed by atoms with Gasteiger partial charge >= 0.3 is 0 Å². The normalized spacial score (nSPS) is 10.9. The van der Waals surface area contributed by atoms with Gasteiger partial charge in [0.1, 0.15) is 24.7 Å². The summed E-state index contributed by atoms with van der Waals surface area (Å²) >= 11 is 0. The van der Waals surface area contributed by atoms with Gasteiger partial charge in [0.2, 0.25) is 11.8 Å². The van der Waals surface area contributed by atoms with Crippen LogP contribution in [0.4, 0.5) is 4.39 Å². The average molecular weight is 532 g/mol. The van der Waals surface area contributed by atoms with Crippen LogP contribution in [0, 0.1) is 5.82 Å². The topological polar surface area (TPSA) is 74.9 Å². The Hall–Kier alpha value is -4.17. The van der Waals surface area contributed by atoms with Gasteiger partial charge in [-0.2, -0.15) is 0 Å². The summed E-state index contributed by atoms with van der Waals surface area (Å²) < 4.78 is 24.0. The van der Waals surface area contributed by atoms with Crippen molar-refractivity contribution in [1.82, 2.24) is 14.8 Å². The fourth-order valence-corrected chi connectivity index (χ4v) is 4.48. The highest BCUT2D eigenvalue weighted by Gasteiger charge is 2.22. The molecular formula is C31H34FN3O4. The quantitative estimate of drug-likeness (QED) is 0.265. The third-order valence-electron chi connectivity index (χ3n) is 6.52. The molecule has 39 heavy (non-hydrogen) atoms. The number of nitrogens with one attached hydrogen (secondary N) is 1. The first-order valence-corrected chi connectivity index (χ1v) is 13.0. The number of halogens is 1. The molecule has 0 radical (unpaired) electrons. The molecule has 0 aliphatic carbocycles. The van der Waals surface area contributed by atoms with Crippen LogP contribution in [0.5, 0.6) is 5.75 Å². The number of methoxy groups -OCH3 is 1. The van der Waals surface area contributed by atoms with Crippen LogP contribution in [0.1, 0.15) is 23.6 Å². The fourth-order valence-electron chi connectivity index (χ4n) is 4.48. The summed E-state index contributed by atoms with van der Waals surface area (Å²) in [7, 11) is 1.44. The maximum atomic E-state index is 13.7. The highest BCUT2D eigenvalue weighted by atomic mass is 19.1. The molecule has 0 saturated carbocycles. The van der Waals surface area contributed by atoms with E-state index in [9.17, 15) is 14.0 Å². The van der Waals surface area contributed by atoms with Crippen molar-refractivity contribution in [3.05, 3.63) is 102 Å². The molecular weight excluding hydrogens is 497 g/mol. The summed E-state index contributed by atoms with van der Waals surface area (Å²) in [6, 6.07) is 21.7. The first kappa shape index (κ1) is 27.9. The molecule has 1 heterocycles. The van der Waals surface area contributed by atoms with Gasteiger partial charge in [-0.25, -0.2) is 4.39 Å². The fraction of sp³-hybridized carbons (Fsp3) is 0.290. The lowest BCUT2D eigenvalue weighted by molar-refractivity contribution is -0.143. The van der Waals surface area contributed by atoms with E-state index >= 15 is 0 Å². The minimum absolute atomic E-state index is 0.121. The Bertz CT molecular complexity index is 1370. The second kappa shape index (κ2) is 13.6. The maximum Gasteiger partial charge on any atom is 0.249 e. The zero-order valence-corrected chi connectivity index (χ0v) is 22.4. The van der Waals surface area contributed by atoms with E-state index in [1.165, 1.54) is 24.1 Å². The van der Waals surface area contributed by atoms with Gasteiger partial charge in [0.15, 0.2) is 0 Å². The highest BCUT2D eigenvalue weighted by molar-refractivity contribution is 5.86. The van der Waals surface area contributed by atoms with Crippen LogP contribution in [0.15, 0.2) is 79.0 Å². The van der Waals surface area contributed by atoms with Crippen molar-refractivity contribution in [1.29, 1.82) is 0 Å². The summed E-state index contributed by atoms with van der Waals surface area (Å²) in [5, 5.41) is 1.12. The Morgan fingerprint density at radius 3 is 2.23 bits per heavy atom. The number of carbonyl (C=O) groups excluding carboxylic acids is 2. The van der Waals surface area contributed by atoms with E-state index < -0.39 is 0 Å². The van der Waals surface area contributed by atoms with E-state index in [1.807, 2.05) is 55.6 Å². The lowest BCUT2D eigenvalue weighted by Gasteiger charge is -2.28. The summed E-state index contributed by atoms with van der Waals surface area (Å²) in [6.45, 7) is 3.27. The van der Waals surface area contributed by atoms with Crippen molar-refractivity contribution in [3.8, 4) is 5.75 Å². The van der Waals surface area contributed by atoms with Gasteiger partial charge < -0.3 is 24.3 Å². The van der Waals surface area contributed by atoms with Gasteiger partial charge in [0, 0.05) is 43.8 Å². The lowest BCUT2D eigenvalue weighted by Crippen LogP contribution is -2.44. The molecule has 204 valence electrons. The molecule has 0 bridgehead atoms. The molecule has 0 atom stereocenters. The Morgan fingerprint density at radius 2 is 1.54 bits per heavy atom. The number of hydrogen-bond donors (Lipinski definition) is 1. The Balaban J connectivity index is 1.53. The summed E-state index contributed by atoms with van der Waals surface area (Å²) in [6.07, 6.45) is 2.63. The minimum Gasteiger partial charge on any atom is -0.494 e. The average Bonchev–Trinajstić information content (AvgIpc) is 3.36. The molecule has 1 N–H and O–H groups in total. The number of para-hydroxylation sites is 1. The molecule has 4 rings (SSSR count). The zero-order chi connectivity index (χ0) is 27.6. The number of aromatic nitrogens is 1. The van der Waals surface area contributed by atoms with Gasteiger partial charge in [-0.15, -0.1) is 0 Å². The van der Waals surface area contributed by atoms with Crippen LogP contribution < -0.4 is 4.74 Å². The standard InChI is InChI=1S/C31H34FN3O4/c1-3-39-27-14-10-24(11-15-27)19-34(17-16-25-18-33-29-7-5-4-6-28(25)29)30(36)21-35(31(37)22-38-2)20-23-8-12-26(32)13-9-23/h4-15,18,33H,3,16-17,19-22H2,1-2H3. The van der Waals surface area contributed by atoms with E-state index in [1.54, 1.807) is 17.0 Å². The first-order valence-electron chi connectivity index (χ1n) is 13.0. The zero-order valence-electron chi connectivity index (χ0n) is 22.4. The molecule has 0 spiro atoms. The number of rotatable bonds is 13. The van der Waals surface area contributed by atoms with Crippen LogP contribution >= 0.6 is 0 Å². The van der Waals surface area contributed by atoms with Gasteiger partial charge in [-0.05, 0) is 60.4 Å². The van der Waals surface area contributed by atoms with E-state index in [-0.39, 0.29) is 37.3 Å². The largest absolute Gasteiger partial charge is 0.494 e. The van der Waals surface area contributed by atoms with E-state index in [2.05, 4.69) is 11.1 Å². The van der Waals surface area contributed by atoms with Crippen molar-refractivity contribution in [2.45, 2.75) is 26.4 Å². The minimum atomic E-state index is -0.358. The monoisotopic (exact) mass is 531 g/mol. The molecule has 1 aromatic heterocycles. The molecule has 8 heteroatoms. The predicted molar refractivity (Wildman–Crippen MR) is 149 cm³/mol. The van der Waals surface area contributed by atoms with Crippen molar-refractivity contribution in [3.63, 3.8) is 0 Å². The SMILES string of the molecule is CCOc1ccc(CN(CCc2c[nH]c3ccccc23)C(=O)CN(Cc2ccc(F)cc2)C(=O)COC)cc1. The van der Waals surface area contributed by atoms with Crippen LogP contribution in [0.25, 0.3) is 10.9 Å². The Morgan fingerprint density at radius 1 is 0.872 bits per heavy atom. The number of aromatic amines is 1. The van der Waals surface area contributed by atoms with E-state index in [0.717, 1.165) is 33.3 Å². The van der Waals surface area contributed by atoms with Crippen molar-refractivity contribution in [2.75, 3.05) is 33.4 Å². The molecule has 0 aliphatic rings. The van der Waals surface area contributed by atoms with Gasteiger partial charge in [-0.1, -0.05) is 42.5 Å². The Labute approximate surface area is 228 Å². The molecule has 2 amide bonds. The van der Waals surface area contributed by atoms with Crippen LogP contribution in [-0.2, 0) is 33.8 Å². The van der Waals surface area contributed by atoms with E-state index in [0.29, 0.717) is 26.1 Å². The van der Waals surface area contributed by atoms with Gasteiger partial charge in [-0.3, -0.25) is 9.59 Å². The van der Waals surface area contributed by atoms with Crippen molar-refractivity contribution >= 4 is 22.7 Å². The van der Waals surface area contributed by atoms with E-state index in [4.69, 9.17) is 9.47 Å². The number of carbonyl (C=O) groups is 2. The number of amides is 2. The maximum absolute atomic E-state index is 13.7. The van der Waals surface area contributed by atoms with Crippen LogP contribution in [0.3, 0.4) is 0 Å². The molecule has 3 aromatic carbocycles. The first-order chi connectivity index (χ1) is 19.0. The molecule has 0 saturated heterocycles. The third-order valence-corrected chi connectivity index (χ3v) is 6.52. The van der Waals surface area contributed by atoms with Crippen LogP contribution in [0.2, 0.25) is 0 Å². The molecule has 0 unspecified atom stereocenters. The number of fused-ring (bicyclic) bond motifs is 1. The van der Waals surface area contributed by atoms with Crippen LogP contribution in [-0.4, -0.2) is 60.0 Å². The second-order valence-corrected chi connectivity index (χ2v) is 9.31. The van der Waals surface area contributed by atoms with Crippen molar-refractivity contribution in [2.24, 2.45) is 0 Å². The van der Waals surface area contributed by atoms with Crippen molar-refractivity contribution < 1.29 is 23.5 Å². The number of benzene rings is 3. The van der Waals surface area contributed by atoms with Gasteiger partial charge in [0.05, 0.1) is 6.61 Å². The third kappa shape index (κ3) is 7.67. The summed E-state index contributed by atoms with van der Waals surface area (Å²) in [5.41, 5.74) is 3.85. The highest BCUT2D eigenvalue weighted by Crippen LogP contribution is 2.20. The smallest absolute Gasteiger partial charge is 0.249 e. The summed E-state index contributed by atoms with van der Waals surface area (Å²) in [4.78, 5) is 33.1. The molecule has 4 aromatic rings. The number of hydrogen-bond acceptors (Lipinski definition) is 4. The Kier molecular flexibility index (Phi) is 9.69. The molecule has 0 aliphatic heterocycles.